The van der Waals surface area contributed by atoms with Crippen LogP contribution in [0.4, 0.5) is 5.69 Å². The lowest BCUT2D eigenvalue weighted by Gasteiger charge is -2.16. The highest BCUT2D eigenvalue weighted by molar-refractivity contribution is 5.76. The van der Waals surface area contributed by atoms with Crippen LogP contribution in [0.3, 0.4) is 0 Å². The molecule has 0 radical (unpaired) electrons. The molecule has 0 aromatic heterocycles. The molecule has 0 bridgehead atoms. The molecular formula is C10H10N4O5. The molecular weight excluding hydrogens is 256 g/mol. The van der Waals surface area contributed by atoms with Crippen LogP contribution < -0.4 is 0 Å². The Kier molecular flexibility index (Phi) is 4.81. The maximum Gasteiger partial charge on any atom is 0.317 e. The van der Waals surface area contributed by atoms with Crippen molar-refractivity contribution in [1.29, 1.82) is 0 Å². The first-order valence-electron chi connectivity index (χ1n) is 5.05. The van der Waals surface area contributed by atoms with E-state index in [0.717, 1.165) is 7.11 Å². The van der Waals surface area contributed by atoms with Crippen molar-refractivity contribution in [2.45, 2.75) is 12.1 Å². The number of ether oxygens (including phenoxy) is 1. The second kappa shape index (κ2) is 6.34. The number of hydrogen-bond acceptors (Lipinski definition) is 6. The van der Waals surface area contributed by atoms with E-state index in [1.807, 2.05) is 0 Å². The van der Waals surface area contributed by atoms with Crippen molar-refractivity contribution in [2.24, 2.45) is 5.11 Å². The van der Waals surface area contributed by atoms with Crippen LogP contribution in [0.5, 0.6) is 0 Å². The van der Waals surface area contributed by atoms with Gasteiger partial charge >= 0.3 is 5.97 Å². The molecule has 1 aromatic carbocycles. The number of aliphatic hydroxyl groups is 1. The smallest absolute Gasteiger partial charge is 0.317 e. The molecule has 1 rings (SSSR count). The SMILES string of the molecule is COC(=O)[C@H](N=[N+]=[N-])[C@@H](O)c1ccc([N+](=O)[O-])cc1. The van der Waals surface area contributed by atoms with Gasteiger partial charge in [0.25, 0.3) is 5.69 Å². The van der Waals surface area contributed by atoms with Crippen LogP contribution in [0.2, 0.25) is 0 Å². The highest BCUT2D eigenvalue weighted by atomic mass is 16.6. The van der Waals surface area contributed by atoms with Crippen molar-refractivity contribution in [3.8, 4) is 0 Å². The van der Waals surface area contributed by atoms with Gasteiger partial charge in [0.05, 0.1) is 18.1 Å². The van der Waals surface area contributed by atoms with Gasteiger partial charge in [-0.25, -0.2) is 0 Å². The Morgan fingerprint density at radius 2 is 2.11 bits per heavy atom. The number of methoxy groups -OCH3 is 1. The van der Waals surface area contributed by atoms with Crippen LogP contribution >= 0.6 is 0 Å². The van der Waals surface area contributed by atoms with E-state index in [0.29, 0.717) is 0 Å². The number of nitrogens with zero attached hydrogens (tertiary/aromatic N) is 4. The van der Waals surface area contributed by atoms with Crippen molar-refractivity contribution < 1.29 is 19.6 Å². The lowest BCUT2D eigenvalue weighted by molar-refractivity contribution is -0.384. The predicted octanol–water partition coefficient (Wildman–Crippen LogP) is 1.48. The second-order valence-electron chi connectivity index (χ2n) is 3.47. The van der Waals surface area contributed by atoms with E-state index in [-0.39, 0.29) is 11.3 Å². The normalized spacial score (nSPS) is 12.9. The first-order chi connectivity index (χ1) is 9.01. The maximum absolute atomic E-state index is 11.3. The summed E-state index contributed by atoms with van der Waals surface area (Å²) in [5.41, 5.74) is 8.39. The molecule has 0 heterocycles. The Bertz CT molecular complexity index is 523. The van der Waals surface area contributed by atoms with Crippen molar-refractivity contribution in [3.63, 3.8) is 0 Å². The van der Waals surface area contributed by atoms with E-state index < -0.39 is 23.0 Å². The zero-order valence-corrected chi connectivity index (χ0v) is 9.83. The van der Waals surface area contributed by atoms with Crippen molar-refractivity contribution >= 4 is 11.7 Å². The fourth-order valence-corrected chi connectivity index (χ4v) is 1.39. The van der Waals surface area contributed by atoms with Crippen LogP contribution in [0.25, 0.3) is 10.4 Å². The fourth-order valence-electron chi connectivity index (χ4n) is 1.39. The average molecular weight is 266 g/mol. The van der Waals surface area contributed by atoms with Gasteiger partial charge in [-0.1, -0.05) is 5.11 Å². The van der Waals surface area contributed by atoms with Gasteiger partial charge in [-0.3, -0.25) is 14.9 Å². The molecule has 0 aliphatic carbocycles. The minimum Gasteiger partial charge on any atom is -0.469 e. The molecule has 9 nitrogen and oxygen atoms in total. The Labute approximate surface area is 107 Å². The highest BCUT2D eigenvalue weighted by Crippen LogP contribution is 2.23. The topological polar surface area (TPSA) is 138 Å². The van der Waals surface area contributed by atoms with E-state index in [9.17, 15) is 20.0 Å². The number of rotatable bonds is 5. The number of carbonyl (C=O) groups excluding carboxylic acids is 1. The number of nitro benzene ring substituents is 1. The molecule has 0 aliphatic rings. The van der Waals surface area contributed by atoms with E-state index in [1.54, 1.807) is 0 Å². The summed E-state index contributed by atoms with van der Waals surface area (Å²) in [7, 11) is 1.09. The van der Waals surface area contributed by atoms with Crippen LogP contribution in [-0.2, 0) is 9.53 Å². The molecule has 9 heteroatoms. The first kappa shape index (κ1) is 14.4. The monoisotopic (exact) mass is 266 g/mol. The molecule has 0 aliphatic heterocycles. The zero-order chi connectivity index (χ0) is 14.4. The van der Waals surface area contributed by atoms with Crippen molar-refractivity contribution in [1.82, 2.24) is 0 Å². The Balaban J connectivity index is 3.02. The largest absolute Gasteiger partial charge is 0.469 e. The summed E-state index contributed by atoms with van der Waals surface area (Å²) in [4.78, 5) is 23.7. The molecule has 1 N–H and O–H groups in total. The molecule has 19 heavy (non-hydrogen) atoms. The van der Waals surface area contributed by atoms with Crippen LogP contribution in [0, 0.1) is 10.1 Å². The molecule has 2 atom stereocenters. The summed E-state index contributed by atoms with van der Waals surface area (Å²) >= 11 is 0. The molecule has 0 saturated carbocycles. The lowest BCUT2D eigenvalue weighted by atomic mass is 10.0. The zero-order valence-electron chi connectivity index (χ0n) is 9.83. The molecule has 0 spiro atoms. The summed E-state index contributed by atoms with van der Waals surface area (Å²) < 4.78 is 4.40. The third-order valence-corrected chi connectivity index (χ3v) is 2.36. The number of esters is 1. The first-order valence-corrected chi connectivity index (χ1v) is 5.05. The number of carbonyl (C=O) groups is 1. The van der Waals surface area contributed by atoms with Gasteiger partial charge in [-0.05, 0) is 23.2 Å². The summed E-state index contributed by atoms with van der Waals surface area (Å²) in [5, 5.41) is 23.5. The molecule has 0 saturated heterocycles. The van der Waals surface area contributed by atoms with Crippen LogP contribution in [-0.4, -0.2) is 29.2 Å². The molecule has 0 amide bonds. The van der Waals surface area contributed by atoms with E-state index in [2.05, 4.69) is 14.8 Å². The van der Waals surface area contributed by atoms with E-state index in [1.165, 1.54) is 24.3 Å². The average Bonchev–Trinajstić information content (AvgIpc) is 2.43. The van der Waals surface area contributed by atoms with Crippen LogP contribution in [0.1, 0.15) is 11.7 Å². The van der Waals surface area contributed by atoms with Crippen molar-refractivity contribution in [2.75, 3.05) is 7.11 Å². The summed E-state index contributed by atoms with van der Waals surface area (Å²) in [5.74, 6) is -0.899. The quantitative estimate of drug-likeness (QED) is 0.215. The van der Waals surface area contributed by atoms with Gasteiger partial charge in [0.2, 0.25) is 0 Å². The number of aliphatic hydroxyl groups excluding tert-OH is 1. The third kappa shape index (κ3) is 3.41. The molecule has 0 unspecified atom stereocenters. The third-order valence-electron chi connectivity index (χ3n) is 2.36. The summed E-state index contributed by atoms with van der Waals surface area (Å²) in [6.45, 7) is 0. The molecule has 100 valence electrons. The van der Waals surface area contributed by atoms with Crippen molar-refractivity contribution in [3.05, 3.63) is 50.4 Å². The minimum atomic E-state index is -1.45. The van der Waals surface area contributed by atoms with Gasteiger partial charge in [-0.15, -0.1) is 0 Å². The maximum atomic E-state index is 11.3. The lowest BCUT2D eigenvalue weighted by Crippen LogP contribution is -2.27. The summed E-state index contributed by atoms with van der Waals surface area (Å²) in [6, 6.07) is 3.43. The molecule has 0 fully saturated rings. The number of hydrogen-bond donors (Lipinski definition) is 1. The second-order valence-corrected chi connectivity index (χ2v) is 3.47. The summed E-state index contributed by atoms with van der Waals surface area (Å²) in [6.07, 6.45) is -1.44. The Morgan fingerprint density at radius 3 is 2.53 bits per heavy atom. The standard InChI is InChI=1S/C10H10N4O5/c1-19-10(16)8(12-13-11)9(15)6-2-4-7(5-3-6)14(17)18/h2-5,8-9,15H,1H3/t8-,9+/m1/s1. The number of benzene rings is 1. The van der Waals surface area contributed by atoms with E-state index >= 15 is 0 Å². The van der Waals surface area contributed by atoms with Gasteiger partial charge in [-0.2, -0.15) is 0 Å². The fraction of sp³-hybridized carbons (Fsp3) is 0.300. The Hall–Kier alpha value is -2.64. The number of nitro groups is 1. The van der Waals surface area contributed by atoms with Crippen LogP contribution in [0.15, 0.2) is 29.4 Å². The van der Waals surface area contributed by atoms with Gasteiger partial charge < -0.3 is 9.84 Å². The predicted molar refractivity (Wildman–Crippen MR) is 63.0 cm³/mol. The minimum absolute atomic E-state index is 0.158. The number of non-ortho nitro benzene ring substituents is 1. The van der Waals surface area contributed by atoms with E-state index in [4.69, 9.17) is 5.53 Å². The highest BCUT2D eigenvalue weighted by Gasteiger charge is 2.28. The van der Waals surface area contributed by atoms with Gasteiger partial charge in [0.1, 0.15) is 0 Å². The molecule has 1 aromatic rings. The van der Waals surface area contributed by atoms with Gasteiger partial charge in [0, 0.05) is 17.0 Å². The number of azide groups is 1. The van der Waals surface area contributed by atoms with Gasteiger partial charge in [0.15, 0.2) is 6.04 Å². The Morgan fingerprint density at radius 1 is 1.53 bits per heavy atom.